The van der Waals surface area contributed by atoms with Gasteiger partial charge in [-0.2, -0.15) is 0 Å². The lowest BCUT2D eigenvalue weighted by Crippen LogP contribution is -2.51. The van der Waals surface area contributed by atoms with Crippen LogP contribution in [0.4, 0.5) is 5.69 Å². The number of hydrogen-bond acceptors (Lipinski definition) is 6. The van der Waals surface area contributed by atoms with Gasteiger partial charge in [0, 0.05) is 5.54 Å². The van der Waals surface area contributed by atoms with E-state index < -0.39 is 11.6 Å². The van der Waals surface area contributed by atoms with E-state index in [0.29, 0.717) is 34.7 Å². The first-order valence-corrected chi connectivity index (χ1v) is 12.5. The molecular weight excluding hydrogens is 482 g/mol. The van der Waals surface area contributed by atoms with Crippen LogP contribution in [0.25, 0.3) is 11.0 Å². The van der Waals surface area contributed by atoms with Crippen molar-refractivity contribution in [3.8, 4) is 11.5 Å². The molecule has 1 heterocycles. The number of para-hydroxylation sites is 3. The molecule has 0 bridgehead atoms. The molecule has 1 atom stereocenters. The van der Waals surface area contributed by atoms with Gasteiger partial charge in [-0.1, -0.05) is 48.5 Å². The molecule has 9 heteroatoms. The molecule has 4 rings (SSSR count). The van der Waals surface area contributed by atoms with Gasteiger partial charge >= 0.3 is 0 Å². The number of methoxy groups -OCH3 is 2. The molecule has 0 unspecified atom stereocenters. The monoisotopic (exact) mass is 515 g/mol. The summed E-state index contributed by atoms with van der Waals surface area (Å²) in [7, 11) is 3.10. The van der Waals surface area contributed by atoms with E-state index in [4.69, 9.17) is 9.47 Å². The van der Waals surface area contributed by atoms with Gasteiger partial charge in [-0.15, -0.1) is 5.10 Å². The fourth-order valence-electron chi connectivity index (χ4n) is 4.20. The average molecular weight is 516 g/mol. The third-order valence-corrected chi connectivity index (χ3v) is 6.58. The highest BCUT2D eigenvalue weighted by atomic mass is 16.5. The Hall–Kier alpha value is -4.40. The van der Waals surface area contributed by atoms with Crippen LogP contribution in [-0.4, -0.2) is 46.6 Å². The third kappa shape index (κ3) is 5.61. The maximum absolute atomic E-state index is 14.2. The molecule has 198 valence electrons. The van der Waals surface area contributed by atoms with E-state index in [9.17, 15) is 9.59 Å². The van der Waals surface area contributed by atoms with Crippen LogP contribution >= 0.6 is 0 Å². The molecule has 0 spiro atoms. The van der Waals surface area contributed by atoms with E-state index >= 15 is 0 Å². The number of nitrogens with one attached hydrogen (secondary N) is 1. The topological polar surface area (TPSA) is 98.6 Å². The standard InChI is InChI=1S/C29H33N5O4/c1-6-29(2,3)30-28(36)27(20-12-11-13-21(18-20)37-4)34(24-16-9-10-17-25(24)38-5)26(35)19-33-23-15-8-7-14-22(23)31-32-33/h7-18,27H,6,19H2,1-5H3,(H,30,36)/t27-/m0/s1. The summed E-state index contributed by atoms with van der Waals surface area (Å²) in [4.78, 5) is 29.7. The summed E-state index contributed by atoms with van der Waals surface area (Å²) in [5.74, 6) is 0.347. The van der Waals surface area contributed by atoms with E-state index in [1.807, 2.05) is 57.2 Å². The van der Waals surface area contributed by atoms with Crippen molar-refractivity contribution in [3.63, 3.8) is 0 Å². The van der Waals surface area contributed by atoms with Gasteiger partial charge in [0.25, 0.3) is 0 Å². The van der Waals surface area contributed by atoms with Crippen LogP contribution < -0.4 is 19.7 Å². The number of fused-ring (bicyclic) bond motifs is 1. The number of carbonyl (C=O) groups excluding carboxylic acids is 2. The highest BCUT2D eigenvalue weighted by molar-refractivity contribution is 6.02. The van der Waals surface area contributed by atoms with Crippen LogP contribution in [0.5, 0.6) is 11.5 Å². The van der Waals surface area contributed by atoms with Gasteiger partial charge in [-0.25, -0.2) is 4.68 Å². The Labute approximate surface area is 222 Å². The predicted molar refractivity (Wildman–Crippen MR) is 146 cm³/mol. The average Bonchev–Trinajstić information content (AvgIpc) is 3.33. The highest BCUT2D eigenvalue weighted by Gasteiger charge is 2.36. The van der Waals surface area contributed by atoms with Crippen molar-refractivity contribution >= 4 is 28.5 Å². The molecule has 2 amide bonds. The number of anilines is 1. The van der Waals surface area contributed by atoms with Gasteiger partial charge in [0.05, 0.1) is 25.4 Å². The summed E-state index contributed by atoms with van der Waals surface area (Å²) >= 11 is 0. The quantitative estimate of drug-likeness (QED) is 0.333. The van der Waals surface area contributed by atoms with Crippen LogP contribution in [0.15, 0.2) is 72.8 Å². The second kappa shape index (κ2) is 11.3. The van der Waals surface area contributed by atoms with Crippen LogP contribution in [0.3, 0.4) is 0 Å². The third-order valence-electron chi connectivity index (χ3n) is 6.58. The van der Waals surface area contributed by atoms with E-state index in [2.05, 4.69) is 15.6 Å². The van der Waals surface area contributed by atoms with Crippen molar-refractivity contribution in [3.05, 3.63) is 78.4 Å². The summed E-state index contributed by atoms with van der Waals surface area (Å²) in [5, 5.41) is 11.5. The molecule has 0 saturated heterocycles. The molecular formula is C29H33N5O4. The minimum atomic E-state index is -1.02. The molecule has 1 N–H and O–H groups in total. The van der Waals surface area contributed by atoms with Gasteiger partial charge in [-0.3, -0.25) is 14.5 Å². The number of nitrogens with zero attached hydrogens (tertiary/aromatic N) is 4. The Morgan fingerprint density at radius 1 is 1.00 bits per heavy atom. The summed E-state index contributed by atoms with van der Waals surface area (Å²) in [6, 6.07) is 20.7. The van der Waals surface area contributed by atoms with E-state index in [0.717, 1.165) is 5.52 Å². The number of ether oxygens (including phenoxy) is 2. The van der Waals surface area contributed by atoms with Gasteiger partial charge < -0.3 is 14.8 Å². The van der Waals surface area contributed by atoms with E-state index in [1.54, 1.807) is 43.5 Å². The SMILES string of the molecule is CCC(C)(C)NC(=O)[C@H](c1cccc(OC)c1)N(C(=O)Cn1nnc2ccccc21)c1ccccc1OC. The zero-order chi connectivity index (χ0) is 27.3. The molecule has 0 fully saturated rings. The van der Waals surface area contributed by atoms with Crippen molar-refractivity contribution in [1.29, 1.82) is 0 Å². The molecule has 9 nitrogen and oxygen atoms in total. The van der Waals surface area contributed by atoms with Crippen molar-refractivity contribution in [2.24, 2.45) is 0 Å². The molecule has 1 aromatic heterocycles. The first kappa shape index (κ1) is 26.7. The highest BCUT2D eigenvalue weighted by Crippen LogP contribution is 2.36. The van der Waals surface area contributed by atoms with E-state index in [1.165, 1.54) is 16.7 Å². The molecule has 0 aliphatic heterocycles. The number of benzene rings is 3. The predicted octanol–water partition coefficient (Wildman–Crippen LogP) is 4.53. The van der Waals surface area contributed by atoms with Crippen LogP contribution in [0.1, 0.15) is 38.8 Å². The summed E-state index contributed by atoms with van der Waals surface area (Å²) in [5.41, 5.74) is 1.95. The Kier molecular flexibility index (Phi) is 7.95. The van der Waals surface area contributed by atoms with Crippen LogP contribution in [0, 0.1) is 0 Å². The lowest BCUT2D eigenvalue weighted by Gasteiger charge is -2.35. The number of hydrogen-bond donors (Lipinski definition) is 1. The fourth-order valence-corrected chi connectivity index (χ4v) is 4.20. The van der Waals surface area contributed by atoms with Gasteiger partial charge in [0.15, 0.2) is 0 Å². The Bertz CT molecular complexity index is 1430. The maximum Gasteiger partial charge on any atom is 0.249 e. The Morgan fingerprint density at radius 2 is 1.74 bits per heavy atom. The van der Waals surface area contributed by atoms with Crippen molar-refractivity contribution in [2.45, 2.75) is 45.3 Å². The Balaban J connectivity index is 1.87. The first-order chi connectivity index (χ1) is 18.3. The van der Waals surface area contributed by atoms with Gasteiger partial charge in [0.1, 0.15) is 29.6 Å². The summed E-state index contributed by atoms with van der Waals surface area (Å²) in [6.45, 7) is 5.76. The zero-order valence-corrected chi connectivity index (χ0v) is 22.3. The van der Waals surface area contributed by atoms with Crippen molar-refractivity contribution in [1.82, 2.24) is 20.3 Å². The zero-order valence-electron chi connectivity index (χ0n) is 22.3. The fraction of sp³-hybridized carbons (Fsp3) is 0.310. The summed E-state index contributed by atoms with van der Waals surface area (Å²) < 4.78 is 12.6. The smallest absolute Gasteiger partial charge is 0.249 e. The minimum Gasteiger partial charge on any atom is -0.497 e. The second-order valence-electron chi connectivity index (χ2n) is 9.58. The Morgan fingerprint density at radius 3 is 2.47 bits per heavy atom. The van der Waals surface area contributed by atoms with Crippen LogP contribution in [-0.2, 0) is 16.1 Å². The normalized spacial score (nSPS) is 12.1. The molecule has 0 aliphatic rings. The molecule has 3 aromatic carbocycles. The lowest BCUT2D eigenvalue weighted by atomic mass is 9.98. The number of carbonyl (C=O) groups is 2. The molecule has 0 aliphatic carbocycles. The molecule has 38 heavy (non-hydrogen) atoms. The molecule has 0 radical (unpaired) electrons. The second-order valence-corrected chi connectivity index (χ2v) is 9.58. The minimum absolute atomic E-state index is 0.135. The lowest BCUT2D eigenvalue weighted by molar-refractivity contribution is -0.128. The number of rotatable bonds is 10. The number of aromatic nitrogens is 3. The largest absolute Gasteiger partial charge is 0.497 e. The van der Waals surface area contributed by atoms with Crippen molar-refractivity contribution in [2.75, 3.05) is 19.1 Å². The first-order valence-electron chi connectivity index (χ1n) is 12.5. The van der Waals surface area contributed by atoms with Crippen LogP contribution in [0.2, 0.25) is 0 Å². The van der Waals surface area contributed by atoms with Crippen molar-refractivity contribution < 1.29 is 19.1 Å². The molecule has 0 saturated carbocycles. The molecule has 4 aromatic rings. The maximum atomic E-state index is 14.2. The van der Waals surface area contributed by atoms with E-state index in [-0.39, 0.29) is 18.4 Å². The van der Waals surface area contributed by atoms with Gasteiger partial charge in [0.2, 0.25) is 11.8 Å². The summed E-state index contributed by atoms with van der Waals surface area (Å²) in [6.07, 6.45) is 0.705. The number of amides is 2. The van der Waals surface area contributed by atoms with Gasteiger partial charge in [-0.05, 0) is 62.2 Å².